The Hall–Kier alpha value is -2.33. The molecule has 23 heavy (non-hydrogen) atoms. The van der Waals surface area contributed by atoms with Crippen molar-refractivity contribution >= 4 is 28.5 Å². The highest BCUT2D eigenvalue weighted by atomic mass is 35.5. The number of hydrogen-bond acceptors (Lipinski definition) is 2. The molecule has 2 N–H and O–H groups in total. The number of rotatable bonds is 4. The maximum absolute atomic E-state index is 11.5. The van der Waals surface area contributed by atoms with E-state index in [2.05, 4.69) is 4.57 Å². The van der Waals surface area contributed by atoms with Crippen LogP contribution >= 0.6 is 11.6 Å². The van der Waals surface area contributed by atoms with Crippen LogP contribution in [-0.2, 0) is 6.54 Å². The summed E-state index contributed by atoms with van der Waals surface area (Å²) in [4.78, 5) is 16.3. The zero-order valence-electron chi connectivity index (χ0n) is 12.5. The molecule has 1 aliphatic rings. The molecule has 1 aromatic heterocycles. The summed E-state index contributed by atoms with van der Waals surface area (Å²) in [5.41, 5.74) is 8.79. The van der Waals surface area contributed by atoms with Crippen LogP contribution in [0.2, 0.25) is 5.02 Å². The van der Waals surface area contributed by atoms with Gasteiger partial charge in [0.25, 0.3) is 0 Å². The summed E-state index contributed by atoms with van der Waals surface area (Å²) < 4.78 is 2.17. The molecule has 4 nitrogen and oxygen atoms in total. The number of aromatic nitrogens is 2. The summed E-state index contributed by atoms with van der Waals surface area (Å²) in [5, 5.41) is 0.738. The Morgan fingerprint density at radius 3 is 2.74 bits per heavy atom. The number of benzene rings is 2. The minimum atomic E-state index is -0.426. The molecule has 2 aromatic carbocycles. The number of halogens is 1. The van der Waals surface area contributed by atoms with E-state index in [0.29, 0.717) is 18.0 Å². The Bertz CT molecular complexity index is 912. The summed E-state index contributed by atoms with van der Waals surface area (Å²) in [6.45, 7) is 0.643. The predicted molar refractivity (Wildman–Crippen MR) is 90.8 cm³/mol. The average Bonchev–Trinajstić information content (AvgIpc) is 3.32. The van der Waals surface area contributed by atoms with Gasteiger partial charge in [0.05, 0.1) is 17.6 Å². The van der Waals surface area contributed by atoms with Crippen LogP contribution in [0.5, 0.6) is 0 Å². The Morgan fingerprint density at radius 1 is 1.26 bits per heavy atom. The molecule has 1 heterocycles. The zero-order valence-corrected chi connectivity index (χ0v) is 13.3. The molecule has 0 bridgehead atoms. The lowest BCUT2D eigenvalue weighted by atomic mass is 10.1. The monoisotopic (exact) mass is 325 g/mol. The quantitative estimate of drug-likeness (QED) is 0.794. The predicted octanol–water partition coefficient (Wildman–Crippen LogP) is 3.71. The van der Waals surface area contributed by atoms with E-state index in [1.54, 1.807) is 6.07 Å². The smallest absolute Gasteiger partial charge is 0.248 e. The Balaban J connectivity index is 1.88. The third kappa shape index (κ3) is 2.59. The first-order chi connectivity index (χ1) is 11.1. The SMILES string of the molecule is NC(=O)c1ccc2nc(C3CC3)n(Cc3ccccc3Cl)c2c1. The van der Waals surface area contributed by atoms with Gasteiger partial charge in [-0.2, -0.15) is 0 Å². The second kappa shape index (κ2) is 5.39. The number of fused-ring (bicyclic) bond motifs is 1. The third-order valence-corrected chi connectivity index (χ3v) is 4.66. The fourth-order valence-electron chi connectivity index (χ4n) is 2.91. The molecule has 1 amide bonds. The van der Waals surface area contributed by atoms with E-state index in [9.17, 15) is 4.79 Å². The highest BCUT2D eigenvalue weighted by Crippen LogP contribution is 2.41. The van der Waals surface area contributed by atoms with Gasteiger partial charge in [0.2, 0.25) is 5.91 Å². The Labute approximate surface area is 138 Å². The maximum Gasteiger partial charge on any atom is 0.248 e. The number of imidazole rings is 1. The van der Waals surface area contributed by atoms with Crippen molar-refractivity contribution in [2.45, 2.75) is 25.3 Å². The van der Waals surface area contributed by atoms with E-state index < -0.39 is 5.91 Å². The van der Waals surface area contributed by atoms with E-state index in [1.807, 2.05) is 36.4 Å². The van der Waals surface area contributed by atoms with Crippen molar-refractivity contribution in [3.05, 3.63) is 64.4 Å². The van der Waals surface area contributed by atoms with Crippen molar-refractivity contribution in [2.24, 2.45) is 5.73 Å². The van der Waals surface area contributed by atoms with Crippen LogP contribution in [0, 0.1) is 0 Å². The number of nitrogens with two attached hydrogens (primary N) is 1. The minimum absolute atomic E-state index is 0.426. The van der Waals surface area contributed by atoms with Crippen LogP contribution < -0.4 is 5.73 Å². The normalized spacial score (nSPS) is 14.3. The van der Waals surface area contributed by atoms with Crippen LogP contribution in [0.4, 0.5) is 0 Å². The zero-order chi connectivity index (χ0) is 16.0. The van der Waals surface area contributed by atoms with Gasteiger partial charge in [-0.15, -0.1) is 0 Å². The lowest BCUT2D eigenvalue weighted by Gasteiger charge is -2.10. The standard InChI is InChI=1S/C18H16ClN3O/c19-14-4-2-1-3-13(14)10-22-16-9-12(17(20)23)7-8-15(16)21-18(22)11-5-6-11/h1-4,7-9,11H,5-6,10H2,(H2,20,23). The van der Waals surface area contributed by atoms with Crippen molar-refractivity contribution in [3.63, 3.8) is 0 Å². The number of hydrogen-bond donors (Lipinski definition) is 1. The number of carbonyl (C=O) groups excluding carboxylic acids is 1. The second-order valence-electron chi connectivity index (χ2n) is 5.99. The first-order valence-corrected chi connectivity index (χ1v) is 8.04. The van der Waals surface area contributed by atoms with Gasteiger partial charge < -0.3 is 10.3 Å². The van der Waals surface area contributed by atoms with Gasteiger partial charge in [-0.1, -0.05) is 29.8 Å². The largest absolute Gasteiger partial charge is 0.366 e. The summed E-state index contributed by atoms with van der Waals surface area (Å²) in [6, 6.07) is 13.2. The summed E-state index contributed by atoms with van der Waals surface area (Å²) in [6.07, 6.45) is 2.32. The van der Waals surface area contributed by atoms with Gasteiger partial charge >= 0.3 is 0 Å². The molecule has 4 rings (SSSR count). The topological polar surface area (TPSA) is 60.9 Å². The highest BCUT2D eigenvalue weighted by Gasteiger charge is 2.29. The van der Waals surface area contributed by atoms with Crippen LogP contribution in [0.15, 0.2) is 42.5 Å². The molecule has 5 heteroatoms. The Kier molecular flexibility index (Phi) is 3.34. The fraction of sp³-hybridized carbons (Fsp3) is 0.222. The second-order valence-corrected chi connectivity index (χ2v) is 6.40. The first-order valence-electron chi connectivity index (χ1n) is 7.67. The molecule has 0 saturated heterocycles. The highest BCUT2D eigenvalue weighted by molar-refractivity contribution is 6.31. The van der Waals surface area contributed by atoms with Crippen LogP contribution in [0.3, 0.4) is 0 Å². The average molecular weight is 326 g/mol. The summed E-state index contributed by atoms with van der Waals surface area (Å²) in [7, 11) is 0. The molecule has 116 valence electrons. The molecule has 1 aliphatic carbocycles. The first kappa shape index (κ1) is 14.3. The fourth-order valence-corrected chi connectivity index (χ4v) is 3.11. The number of primary amides is 1. The van der Waals surface area contributed by atoms with Gasteiger partial charge in [0.15, 0.2) is 0 Å². The van der Waals surface area contributed by atoms with Crippen molar-refractivity contribution in [1.82, 2.24) is 9.55 Å². The van der Waals surface area contributed by atoms with E-state index in [1.165, 1.54) is 0 Å². The van der Waals surface area contributed by atoms with Gasteiger partial charge in [-0.25, -0.2) is 4.98 Å². The third-order valence-electron chi connectivity index (χ3n) is 4.29. The van der Waals surface area contributed by atoms with Crippen LogP contribution in [0.25, 0.3) is 11.0 Å². The lowest BCUT2D eigenvalue weighted by Crippen LogP contribution is -2.11. The van der Waals surface area contributed by atoms with Gasteiger partial charge in [-0.3, -0.25) is 4.79 Å². The molecule has 0 aliphatic heterocycles. The van der Waals surface area contributed by atoms with Gasteiger partial charge in [0.1, 0.15) is 5.82 Å². The molecule has 0 spiro atoms. The molecule has 0 radical (unpaired) electrons. The van der Waals surface area contributed by atoms with Crippen molar-refractivity contribution < 1.29 is 4.79 Å². The van der Waals surface area contributed by atoms with Gasteiger partial charge in [-0.05, 0) is 42.7 Å². The lowest BCUT2D eigenvalue weighted by molar-refractivity contribution is 0.100. The molecule has 0 atom stereocenters. The van der Waals surface area contributed by atoms with E-state index in [4.69, 9.17) is 22.3 Å². The van der Waals surface area contributed by atoms with E-state index in [0.717, 1.165) is 40.3 Å². The van der Waals surface area contributed by atoms with Crippen molar-refractivity contribution in [3.8, 4) is 0 Å². The summed E-state index contributed by atoms with van der Waals surface area (Å²) >= 11 is 6.31. The van der Waals surface area contributed by atoms with E-state index in [-0.39, 0.29) is 0 Å². The van der Waals surface area contributed by atoms with Crippen molar-refractivity contribution in [2.75, 3.05) is 0 Å². The summed E-state index contributed by atoms with van der Waals surface area (Å²) in [5.74, 6) is 1.15. The Morgan fingerprint density at radius 2 is 2.04 bits per heavy atom. The van der Waals surface area contributed by atoms with Gasteiger partial charge in [0, 0.05) is 16.5 Å². The number of nitrogens with zero attached hydrogens (tertiary/aromatic N) is 2. The number of carbonyl (C=O) groups is 1. The molecule has 1 fully saturated rings. The van der Waals surface area contributed by atoms with E-state index >= 15 is 0 Å². The van der Waals surface area contributed by atoms with Crippen molar-refractivity contribution in [1.29, 1.82) is 0 Å². The maximum atomic E-state index is 11.5. The van der Waals surface area contributed by atoms with Crippen LogP contribution in [0.1, 0.15) is 40.5 Å². The van der Waals surface area contributed by atoms with Crippen LogP contribution in [-0.4, -0.2) is 15.5 Å². The number of amides is 1. The molecular weight excluding hydrogens is 310 g/mol. The molecule has 0 unspecified atom stereocenters. The molecular formula is C18H16ClN3O. The molecule has 1 saturated carbocycles. The minimum Gasteiger partial charge on any atom is -0.366 e. The molecule has 3 aromatic rings.